The lowest BCUT2D eigenvalue weighted by molar-refractivity contribution is 0.142. The van der Waals surface area contributed by atoms with Crippen molar-refractivity contribution in [1.82, 2.24) is 5.32 Å². The summed E-state index contributed by atoms with van der Waals surface area (Å²) in [7, 11) is 0. The molecule has 0 radical (unpaired) electrons. The van der Waals surface area contributed by atoms with Crippen LogP contribution in [0.5, 0.6) is 5.75 Å². The van der Waals surface area contributed by atoms with Gasteiger partial charge < -0.3 is 10.1 Å². The average Bonchev–Trinajstić information content (AvgIpc) is 2.71. The third-order valence-electron chi connectivity index (χ3n) is 4.41. The molecule has 1 aromatic carbocycles. The Labute approximate surface area is 103 Å². The van der Waals surface area contributed by atoms with Crippen molar-refractivity contribution in [1.29, 1.82) is 0 Å². The van der Waals surface area contributed by atoms with Crippen LogP contribution in [0.2, 0.25) is 0 Å². The number of hydrogen-bond acceptors (Lipinski definition) is 2. The van der Waals surface area contributed by atoms with E-state index in [2.05, 4.69) is 30.4 Å². The maximum atomic E-state index is 5.95. The van der Waals surface area contributed by atoms with Gasteiger partial charge in [-0.25, -0.2) is 0 Å². The van der Waals surface area contributed by atoms with E-state index >= 15 is 0 Å². The molecule has 1 heterocycles. The fourth-order valence-corrected chi connectivity index (χ4v) is 2.96. The van der Waals surface area contributed by atoms with Gasteiger partial charge in [0, 0.05) is 18.5 Å². The zero-order valence-electron chi connectivity index (χ0n) is 10.5. The lowest BCUT2D eigenvalue weighted by Crippen LogP contribution is -2.53. The van der Waals surface area contributed by atoms with Gasteiger partial charge in [-0.05, 0) is 37.3 Å². The molecule has 0 bridgehead atoms. The van der Waals surface area contributed by atoms with Gasteiger partial charge in [0.1, 0.15) is 11.9 Å². The summed E-state index contributed by atoms with van der Waals surface area (Å²) in [6.45, 7) is 3.28. The molecule has 2 heteroatoms. The predicted octanol–water partition coefficient (Wildman–Crippen LogP) is 2.91. The van der Waals surface area contributed by atoms with E-state index in [1.807, 2.05) is 6.07 Å². The highest BCUT2D eigenvalue weighted by molar-refractivity contribution is 5.37. The van der Waals surface area contributed by atoms with E-state index in [0.717, 1.165) is 18.7 Å². The molecule has 0 saturated heterocycles. The number of rotatable bonds is 4. The molecule has 2 aliphatic rings. The highest BCUT2D eigenvalue weighted by atomic mass is 16.5. The van der Waals surface area contributed by atoms with Gasteiger partial charge in [0.25, 0.3) is 0 Å². The van der Waals surface area contributed by atoms with Crippen molar-refractivity contribution in [3.05, 3.63) is 29.8 Å². The van der Waals surface area contributed by atoms with Gasteiger partial charge in [0.15, 0.2) is 0 Å². The van der Waals surface area contributed by atoms with Crippen LogP contribution in [0.3, 0.4) is 0 Å². The second-order valence-electron chi connectivity index (χ2n) is 5.42. The van der Waals surface area contributed by atoms with Crippen molar-refractivity contribution in [2.45, 2.75) is 50.7 Å². The Balaban J connectivity index is 1.55. The molecule has 3 rings (SSSR count). The first-order valence-corrected chi connectivity index (χ1v) is 6.81. The van der Waals surface area contributed by atoms with Gasteiger partial charge in [-0.3, -0.25) is 0 Å². The Morgan fingerprint density at radius 3 is 2.82 bits per heavy atom. The Morgan fingerprint density at radius 1 is 1.35 bits per heavy atom. The molecule has 1 saturated carbocycles. The molecule has 1 unspecified atom stereocenters. The van der Waals surface area contributed by atoms with E-state index in [1.54, 1.807) is 0 Å². The SMILES string of the molecule is CCC1(NCC2Cc3ccccc3O2)CCC1. The van der Waals surface area contributed by atoms with E-state index < -0.39 is 0 Å². The number of para-hydroxylation sites is 1. The lowest BCUT2D eigenvalue weighted by Gasteiger charge is -2.42. The van der Waals surface area contributed by atoms with Crippen molar-refractivity contribution >= 4 is 0 Å². The maximum Gasteiger partial charge on any atom is 0.123 e. The number of benzene rings is 1. The molecule has 2 nitrogen and oxygen atoms in total. The number of nitrogens with one attached hydrogen (secondary N) is 1. The Kier molecular flexibility index (Phi) is 2.83. The van der Waals surface area contributed by atoms with Gasteiger partial charge in [-0.2, -0.15) is 0 Å². The Hall–Kier alpha value is -1.02. The van der Waals surface area contributed by atoms with Crippen LogP contribution < -0.4 is 10.1 Å². The van der Waals surface area contributed by atoms with Crippen LogP contribution in [0.1, 0.15) is 38.2 Å². The molecular weight excluding hydrogens is 210 g/mol. The molecule has 0 aromatic heterocycles. The second-order valence-corrected chi connectivity index (χ2v) is 5.42. The molecule has 1 atom stereocenters. The van der Waals surface area contributed by atoms with Crippen molar-refractivity contribution in [3.63, 3.8) is 0 Å². The predicted molar refractivity (Wildman–Crippen MR) is 69.4 cm³/mol. The zero-order valence-corrected chi connectivity index (χ0v) is 10.5. The summed E-state index contributed by atoms with van der Waals surface area (Å²) < 4.78 is 5.95. The normalized spacial score (nSPS) is 24.9. The molecule has 1 aromatic rings. The van der Waals surface area contributed by atoms with Gasteiger partial charge >= 0.3 is 0 Å². The number of hydrogen-bond donors (Lipinski definition) is 1. The molecule has 1 aliphatic carbocycles. The largest absolute Gasteiger partial charge is 0.488 e. The summed E-state index contributed by atoms with van der Waals surface area (Å²) in [6.07, 6.45) is 6.69. The van der Waals surface area contributed by atoms with Crippen LogP contribution in [-0.4, -0.2) is 18.2 Å². The molecule has 17 heavy (non-hydrogen) atoms. The van der Waals surface area contributed by atoms with Crippen molar-refractivity contribution in [2.75, 3.05) is 6.54 Å². The number of fused-ring (bicyclic) bond motifs is 1. The zero-order chi connectivity index (χ0) is 11.7. The third-order valence-corrected chi connectivity index (χ3v) is 4.41. The summed E-state index contributed by atoms with van der Waals surface area (Å²) in [5.41, 5.74) is 1.79. The highest BCUT2D eigenvalue weighted by Crippen LogP contribution is 2.35. The van der Waals surface area contributed by atoms with E-state index in [0.29, 0.717) is 11.6 Å². The monoisotopic (exact) mass is 231 g/mol. The quantitative estimate of drug-likeness (QED) is 0.860. The summed E-state index contributed by atoms with van der Waals surface area (Å²) in [4.78, 5) is 0. The highest BCUT2D eigenvalue weighted by Gasteiger charge is 2.35. The lowest BCUT2D eigenvalue weighted by atomic mass is 9.75. The third kappa shape index (κ3) is 2.06. The van der Waals surface area contributed by atoms with Gasteiger partial charge in [-0.1, -0.05) is 25.1 Å². The van der Waals surface area contributed by atoms with Crippen molar-refractivity contribution < 1.29 is 4.74 Å². The fraction of sp³-hybridized carbons (Fsp3) is 0.600. The first-order chi connectivity index (χ1) is 8.31. The smallest absolute Gasteiger partial charge is 0.123 e. The van der Waals surface area contributed by atoms with Crippen LogP contribution in [0.4, 0.5) is 0 Å². The average molecular weight is 231 g/mol. The fourth-order valence-electron chi connectivity index (χ4n) is 2.96. The van der Waals surface area contributed by atoms with E-state index in [4.69, 9.17) is 4.74 Å². The summed E-state index contributed by atoms with van der Waals surface area (Å²) in [5, 5.41) is 3.73. The minimum atomic E-state index is 0.330. The van der Waals surface area contributed by atoms with Crippen LogP contribution in [0.25, 0.3) is 0 Å². The van der Waals surface area contributed by atoms with Crippen LogP contribution in [0, 0.1) is 0 Å². The Bertz CT molecular complexity index is 367. The summed E-state index contributed by atoms with van der Waals surface area (Å²) in [6, 6.07) is 8.40. The minimum absolute atomic E-state index is 0.330. The van der Waals surface area contributed by atoms with Crippen LogP contribution in [0.15, 0.2) is 24.3 Å². The maximum absolute atomic E-state index is 5.95. The summed E-state index contributed by atoms with van der Waals surface area (Å²) >= 11 is 0. The van der Waals surface area contributed by atoms with E-state index in [-0.39, 0.29) is 0 Å². The first kappa shape index (κ1) is 11.1. The summed E-state index contributed by atoms with van der Waals surface area (Å²) in [5.74, 6) is 1.08. The topological polar surface area (TPSA) is 21.3 Å². The van der Waals surface area contributed by atoms with Crippen LogP contribution in [-0.2, 0) is 6.42 Å². The van der Waals surface area contributed by atoms with Crippen molar-refractivity contribution in [2.24, 2.45) is 0 Å². The molecule has 1 N–H and O–H groups in total. The van der Waals surface area contributed by atoms with E-state index in [9.17, 15) is 0 Å². The van der Waals surface area contributed by atoms with Crippen molar-refractivity contribution in [3.8, 4) is 5.75 Å². The Morgan fingerprint density at radius 2 is 2.18 bits per heavy atom. The molecule has 0 spiro atoms. The van der Waals surface area contributed by atoms with E-state index in [1.165, 1.54) is 31.2 Å². The molecule has 1 aliphatic heterocycles. The minimum Gasteiger partial charge on any atom is -0.488 e. The molecule has 1 fully saturated rings. The molecule has 92 valence electrons. The standard InChI is InChI=1S/C15H21NO/c1-2-15(8-5-9-15)16-11-13-10-12-6-3-4-7-14(12)17-13/h3-4,6-7,13,16H,2,5,8-11H2,1H3. The molecular formula is C15H21NO. The second kappa shape index (κ2) is 4.34. The van der Waals surface area contributed by atoms with Gasteiger partial charge in [0.2, 0.25) is 0 Å². The number of ether oxygens (including phenoxy) is 1. The van der Waals surface area contributed by atoms with Gasteiger partial charge in [-0.15, -0.1) is 0 Å². The molecule has 0 amide bonds. The van der Waals surface area contributed by atoms with Crippen LogP contribution >= 0.6 is 0 Å². The first-order valence-electron chi connectivity index (χ1n) is 6.81. The van der Waals surface area contributed by atoms with Gasteiger partial charge in [0.05, 0.1) is 0 Å².